The second kappa shape index (κ2) is 11.8. The van der Waals surface area contributed by atoms with E-state index in [9.17, 15) is 0 Å². The van der Waals surface area contributed by atoms with Gasteiger partial charge in [0.15, 0.2) is 0 Å². The van der Waals surface area contributed by atoms with E-state index in [1.54, 1.807) is 0 Å². The lowest BCUT2D eigenvalue weighted by Crippen LogP contribution is -1.96. The molecule has 0 saturated carbocycles. The predicted molar refractivity (Wildman–Crippen MR) is 229 cm³/mol. The molecule has 0 fully saturated rings. The van der Waals surface area contributed by atoms with E-state index in [1.165, 1.54) is 76.3 Å². The molecule has 0 unspecified atom stereocenters. The van der Waals surface area contributed by atoms with Crippen LogP contribution >= 0.6 is 15.9 Å². The normalized spacial score (nSPS) is 11.9. The van der Waals surface area contributed by atoms with Gasteiger partial charge >= 0.3 is 0 Å². The molecule has 0 amide bonds. The van der Waals surface area contributed by atoms with E-state index >= 15 is 0 Å². The molecule has 2 heterocycles. The predicted octanol–water partition coefficient (Wildman–Crippen LogP) is 14.3. The number of hydrogen-bond donors (Lipinski definition) is 0. The van der Waals surface area contributed by atoms with Crippen molar-refractivity contribution in [1.82, 2.24) is 9.13 Å². The topological polar surface area (TPSA) is 9.86 Å². The van der Waals surface area contributed by atoms with E-state index in [1.807, 2.05) is 0 Å². The molecule has 0 aliphatic heterocycles. The molecular formula is C50H31BrN2. The molecule has 11 aromatic rings. The van der Waals surface area contributed by atoms with Gasteiger partial charge in [-0.1, -0.05) is 149 Å². The van der Waals surface area contributed by atoms with Crippen molar-refractivity contribution in [3.05, 3.63) is 193 Å². The van der Waals surface area contributed by atoms with Gasteiger partial charge in [0.1, 0.15) is 0 Å². The first kappa shape index (κ1) is 30.2. The zero-order valence-corrected chi connectivity index (χ0v) is 30.3. The summed E-state index contributed by atoms with van der Waals surface area (Å²) < 4.78 is 5.93. The highest BCUT2D eigenvalue weighted by Crippen LogP contribution is 2.40. The SMILES string of the molecule is Brc1cc(-c2cccc(-n3c4ccccc4c4ccc5ccccc5c43)c2)cc(-c2cccc(-n3c4ccccc4c4ccc5ccccc5c43)c2)c1. The molecule has 3 heteroatoms. The Morgan fingerprint density at radius 1 is 0.302 bits per heavy atom. The lowest BCUT2D eigenvalue weighted by atomic mass is 9.98. The van der Waals surface area contributed by atoms with Crippen LogP contribution in [0.3, 0.4) is 0 Å². The van der Waals surface area contributed by atoms with Gasteiger partial charge in [0.25, 0.3) is 0 Å². The summed E-state index contributed by atoms with van der Waals surface area (Å²) >= 11 is 3.90. The van der Waals surface area contributed by atoms with Gasteiger partial charge in [-0.25, -0.2) is 0 Å². The quantitative estimate of drug-likeness (QED) is 0.170. The van der Waals surface area contributed by atoms with Crippen LogP contribution in [0.25, 0.3) is 98.8 Å². The van der Waals surface area contributed by atoms with Gasteiger partial charge in [0.2, 0.25) is 0 Å². The standard InChI is InChI=1S/C50H31BrN2/c51-38-28-36(34-13-9-15-39(30-34)52-47-21-7-5-19-43(47)45-25-23-32-11-1-3-17-41(32)49(45)52)27-37(29-38)35-14-10-16-40(31-35)53-48-22-8-6-20-44(48)46-26-24-33-12-2-4-18-42(33)50(46)53/h1-31H. The Kier molecular flexibility index (Phi) is 6.74. The molecule has 2 nitrogen and oxygen atoms in total. The number of hydrogen-bond acceptors (Lipinski definition) is 0. The average Bonchev–Trinajstić information content (AvgIpc) is 3.74. The third-order valence-electron chi connectivity index (χ3n) is 10.9. The van der Waals surface area contributed by atoms with E-state index in [0.29, 0.717) is 0 Å². The molecule has 0 radical (unpaired) electrons. The summed E-state index contributed by atoms with van der Waals surface area (Å²) in [6.45, 7) is 0. The molecule has 248 valence electrons. The van der Waals surface area contributed by atoms with Crippen LogP contribution in [0, 0.1) is 0 Å². The van der Waals surface area contributed by atoms with Gasteiger partial charge in [-0.05, 0) is 87.6 Å². The third kappa shape index (κ3) is 4.71. The summed E-state index contributed by atoms with van der Waals surface area (Å²) in [5, 5.41) is 10.1. The Balaban J connectivity index is 1.07. The number of fused-ring (bicyclic) bond motifs is 10. The van der Waals surface area contributed by atoms with Gasteiger partial charge in [-0.2, -0.15) is 0 Å². The Bertz CT molecular complexity index is 3040. The Morgan fingerprint density at radius 3 is 1.23 bits per heavy atom. The maximum atomic E-state index is 3.90. The van der Waals surface area contributed by atoms with Crippen LogP contribution in [0.4, 0.5) is 0 Å². The second-order valence-electron chi connectivity index (χ2n) is 13.9. The molecule has 0 N–H and O–H groups in total. The number of rotatable bonds is 4. The molecule has 0 aliphatic carbocycles. The summed E-state index contributed by atoms with van der Waals surface area (Å²) in [7, 11) is 0. The molecule has 0 bridgehead atoms. The van der Waals surface area contributed by atoms with Gasteiger partial charge in [-0.15, -0.1) is 0 Å². The van der Waals surface area contributed by atoms with Crippen LogP contribution in [-0.2, 0) is 0 Å². The first-order chi connectivity index (χ1) is 26.2. The van der Waals surface area contributed by atoms with Gasteiger partial charge in [-0.3, -0.25) is 0 Å². The summed E-state index contributed by atoms with van der Waals surface area (Å²) in [5.41, 5.74) is 11.9. The highest BCUT2D eigenvalue weighted by atomic mass is 79.9. The first-order valence-electron chi connectivity index (χ1n) is 18.0. The summed E-state index contributed by atoms with van der Waals surface area (Å²) in [6.07, 6.45) is 0. The van der Waals surface area contributed by atoms with Crippen molar-refractivity contribution in [2.24, 2.45) is 0 Å². The van der Waals surface area contributed by atoms with Crippen molar-refractivity contribution in [1.29, 1.82) is 0 Å². The molecular weight excluding hydrogens is 708 g/mol. The maximum Gasteiger partial charge on any atom is 0.0619 e. The molecule has 0 spiro atoms. The molecule has 2 aromatic heterocycles. The minimum atomic E-state index is 1.05. The van der Waals surface area contributed by atoms with Crippen LogP contribution in [0.15, 0.2) is 193 Å². The number of para-hydroxylation sites is 2. The zero-order chi connectivity index (χ0) is 35.0. The maximum absolute atomic E-state index is 3.90. The lowest BCUT2D eigenvalue weighted by molar-refractivity contribution is 1.19. The fraction of sp³-hybridized carbons (Fsp3) is 0. The van der Waals surface area contributed by atoms with Crippen molar-refractivity contribution in [3.63, 3.8) is 0 Å². The monoisotopic (exact) mass is 738 g/mol. The largest absolute Gasteiger partial charge is 0.309 e. The van der Waals surface area contributed by atoms with Crippen LogP contribution in [0.1, 0.15) is 0 Å². The summed E-state index contributed by atoms with van der Waals surface area (Å²) in [5.74, 6) is 0. The molecule has 11 rings (SSSR count). The number of aromatic nitrogens is 2. The number of nitrogens with zero attached hydrogens (tertiary/aromatic N) is 2. The number of halogens is 1. The number of benzene rings is 9. The average molecular weight is 740 g/mol. The van der Waals surface area contributed by atoms with Crippen molar-refractivity contribution in [3.8, 4) is 33.6 Å². The van der Waals surface area contributed by atoms with E-state index in [-0.39, 0.29) is 0 Å². The van der Waals surface area contributed by atoms with Crippen molar-refractivity contribution < 1.29 is 0 Å². The Hall–Kier alpha value is -6.42. The van der Waals surface area contributed by atoms with E-state index in [2.05, 4.69) is 213 Å². The Morgan fingerprint density at radius 2 is 0.736 bits per heavy atom. The van der Waals surface area contributed by atoms with Crippen molar-refractivity contribution >= 4 is 81.1 Å². The fourth-order valence-corrected chi connectivity index (χ4v) is 9.06. The zero-order valence-electron chi connectivity index (χ0n) is 28.7. The van der Waals surface area contributed by atoms with Crippen LogP contribution in [0.2, 0.25) is 0 Å². The van der Waals surface area contributed by atoms with Gasteiger partial charge < -0.3 is 9.13 Å². The summed E-state index contributed by atoms with van der Waals surface area (Å²) in [6, 6.07) is 68.7. The highest BCUT2D eigenvalue weighted by molar-refractivity contribution is 9.10. The molecule has 0 saturated heterocycles. The molecule has 0 aliphatic rings. The third-order valence-corrected chi connectivity index (χ3v) is 11.3. The molecule has 9 aromatic carbocycles. The first-order valence-corrected chi connectivity index (χ1v) is 18.8. The van der Waals surface area contributed by atoms with Crippen LogP contribution < -0.4 is 0 Å². The molecule has 53 heavy (non-hydrogen) atoms. The van der Waals surface area contributed by atoms with Crippen molar-refractivity contribution in [2.75, 3.05) is 0 Å². The van der Waals surface area contributed by atoms with E-state index < -0.39 is 0 Å². The minimum absolute atomic E-state index is 1.05. The Labute approximate surface area is 314 Å². The lowest BCUT2D eigenvalue weighted by Gasteiger charge is -2.14. The molecule has 0 atom stereocenters. The van der Waals surface area contributed by atoms with Crippen molar-refractivity contribution in [2.45, 2.75) is 0 Å². The summed E-state index contributed by atoms with van der Waals surface area (Å²) in [4.78, 5) is 0. The minimum Gasteiger partial charge on any atom is -0.309 e. The van der Waals surface area contributed by atoms with E-state index in [0.717, 1.165) is 27.0 Å². The van der Waals surface area contributed by atoms with Crippen LogP contribution in [0.5, 0.6) is 0 Å². The fourth-order valence-electron chi connectivity index (χ4n) is 8.57. The van der Waals surface area contributed by atoms with E-state index in [4.69, 9.17) is 0 Å². The van der Waals surface area contributed by atoms with Crippen LogP contribution in [-0.4, -0.2) is 9.13 Å². The van der Waals surface area contributed by atoms with Gasteiger partial charge in [0.05, 0.1) is 22.1 Å². The highest BCUT2D eigenvalue weighted by Gasteiger charge is 2.17. The smallest absolute Gasteiger partial charge is 0.0619 e. The second-order valence-corrected chi connectivity index (χ2v) is 14.8. The van der Waals surface area contributed by atoms with Gasteiger partial charge in [0, 0.05) is 48.2 Å².